The lowest BCUT2D eigenvalue weighted by molar-refractivity contribution is -0.143. The predicted molar refractivity (Wildman–Crippen MR) is 181 cm³/mol. The molecule has 2 saturated heterocycles. The number of imidazole rings is 1. The number of aromatic nitrogens is 3. The second-order valence-corrected chi connectivity index (χ2v) is 14.0. The summed E-state index contributed by atoms with van der Waals surface area (Å²) in [7, 11) is 4.00. The molecule has 10 nitrogen and oxygen atoms in total. The lowest BCUT2D eigenvalue weighted by atomic mass is 9.91. The van der Waals surface area contributed by atoms with Crippen molar-refractivity contribution in [3.8, 4) is 0 Å². The Kier molecular flexibility index (Phi) is 9.58. The quantitative estimate of drug-likeness (QED) is 0.252. The fraction of sp³-hybridized carbons (Fsp3) is 0.471. The Labute approximate surface area is 284 Å². The van der Waals surface area contributed by atoms with Gasteiger partial charge in [-0.05, 0) is 85.9 Å². The molecule has 2 aliphatic rings. The van der Waals surface area contributed by atoms with Crippen LogP contribution in [0.5, 0.6) is 0 Å². The van der Waals surface area contributed by atoms with E-state index in [1.807, 2.05) is 38.4 Å². The maximum atomic E-state index is 13.9. The van der Waals surface area contributed by atoms with Gasteiger partial charge in [0.25, 0.3) is 0 Å². The molecule has 2 fully saturated rings. The Morgan fingerprint density at radius 3 is 2.40 bits per heavy atom. The lowest BCUT2D eigenvalue weighted by Gasteiger charge is -2.37. The van der Waals surface area contributed by atoms with Crippen LogP contribution in [0, 0.1) is 5.92 Å². The van der Waals surface area contributed by atoms with Crippen LogP contribution in [0.25, 0.3) is 21.9 Å². The van der Waals surface area contributed by atoms with E-state index >= 15 is 0 Å². The Morgan fingerprint density at radius 1 is 1.06 bits per heavy atom. The van der Waals surface area contributed by atoms with Crippen molar-refractivity contribution in [3.63, 3.8) is 0 Å². The lowest BCUT2D eigenvalue weighted by Crippen LogP contribution is -2.48. The highest BCUT2D eigenvalue weighted by molar-refractivity contribution is 9.10. The zero-order valence-electron chi connectivity index (χ0n) is 26.9. The van der Waals surface area contributed by atoms with E-state index in [1.165, 1.54) is 6.07 Å². The number of halogens is 4. The van der Waals surface area contributed by atoms with Gasteiger partial charge in [0.05, 0.1) is 39.9 Å². The number of nitrogens with zero attached hydrogens (tertiary/aromatic N) is 5. The molecule has 4 heterocycles. The number of anilines is 1. The number of fused-ring (bicyclic) bond motifs is 3. The highest BCUT2D eigenvalue weighted by atomic mass is 79.9. The molecule has 2 aliphatic heterocycles. The third-order valence-corrected chi connectivity index (χ3v) is 10.6. The summed E-state index contributed by atoms with van der Waals surface area (Å²) >= 11 is 3.15. The molecule has 0 spiro atoms. The van der Waals surface area contributed by atoms with Gasteiger partial charge in [0, 0.05) is 54.5 Å². The largest absolute Gasteiger partial charge is 0.418 e. The standard InChI is InChI=1S/C34H39BrF3N7O3/c1-42(2)22-7-13-44(14-8-22)32(47)21(15-20-16-25(34(36,37)38)30(39)26(35)17-20)18-29(46)43-11-9-23(10-12-43)45-28-19-40-27-6-4-3-5-24(27)31(28)41-33(45)48/h3-6,16-17,19,21-23H,7-15,18,39H2,1-2H3,(H,41,48)/t21-/m0/s1. The van der Waals surface area contributed by atoms with Gasteiger partial charge in [0.2, 0.25) is 11.8 Å². The number of H-pyrrole nitrogens is 1. The van der Waals surface area contributed by atoms with Crippen LogP contribution in [0.2, 0.25) is 0 Å². The second kappa shape index (κ2) is 13.5. The number of hydrogen-bond acceptors (Lipinski definition) is 6. The summed E-state index contributed by atoms with van der Waals surface area (Å²) in [6.45, 7) is 1.79. The monoisotopic (exact) mass is 729 g/mol. The van der Waals surface area contributed by atoms with Crippen LogP contribution in [0.1, 0.15) is 49.3 Å². The van der Waals surface area contributed by atoms with Crippen molar-refractivity contribution in [1.82, 2.24) is 29.2 Å². The van der Waals surface area contributed by atoms with E-state index in [2.05, 4.69) is 30.8 Å². The topological polar surface area (TPSA) is 121 Å². The van der Waals surface area contributed by atoms with E-state index in [4.69, 9.17) is 5.73 Å². The van der Waals surface area contributed by atoms with Crippen molar-refractivity contribution in [2.24, 2.45) is 5.92 Å². The first-order valence-corrected chi connectivity index (χ1v) is 17.0. The molecule has 0 saturated carbocycles. The molecule has 0 bridgehead atoms. The average molecular weight is 731 g/mol. The molecule has 256 valence electrons. The number of rotatable bonds is 7. The predicted octanol–water partition coefficient (Wildman–Crippen LogP) is 5.21. The highest BCUT2D eigenvalue weighted by Crippen LogP contribution is 2.39. The van der Waals surface area contributed by atoms with Crippen LogP contribution in [-0.2, 0) is 22.2 Å². The summed E-state index contributed by atoms with van der Waals surface area (Å²) in [5, 5.41) is 0.857. The van der Waals surface area contributed by atoms with E-state index in [0.29, 0.717) is 50.6 Å². The Morgan fingerprint density at radius 2 is 1.73 bits per heavy atom. The summed E-state index contributed by atoms with van der Waals surface area (Å²) in [6, 6.07) is 10.2. The number of carbonyl (C=O) groups is 2. The highest BCUT2D eigenvalue weighted by Gasteiger charge is 2.36. The van der Waals surface area contributed by atoms with Gasteiger partial charge in [0.15, 0.2) is 0 Å². The van der Waals surface area contributed by atoms with Crippen molar-refractivity contribution in [1.29, 1.82) is 0 Å². The minimum absolute atomic E-state index is 0.0394. The number of piperidine rings is 2. The number of nitrogens with one attached hydrogen (secondary N) is 1. The van der Waals surface area contributed by atoms with E-state index < -0.39 is 23.3 Å². The van der Waals surface area contributed by atoms with Crippen LogP contribution in [0.4, 0.5) is 18.9 Å². The van der Waals surface area contributed by atoms with E-state index in [-0.39, 0.29) is 46.4 Å². The zero-order valence-corrected chi connectivity index (χ0v) is 28.5. The zero-order chi connectivity index (χ0) is 34.3. The van der Waals surface area contributed by atoms with Crippen molar-refractivity contribution < 1.29 is 22.8 Å². The van der Waals surface area contributed by atoms with E-state index in [9.17, 15) is 27.6 Å². The van der Waals surface area contributed by atoms with Crippen LogP contribution < -0.4 is 11.4 Å². The summed E-state index contributed by atoms with van der Waals surface area (Å²) in [6.07, 6.45) is -0.541. The molecule has 2 amide bonds. The van der Waals surface area contributed by atoms with Crippen molar-refractivity contribution in [2.45, 2.75) is 56.8 Å². The minimum atomic E-state index is -4.67. The Bertz CT molecular complexity index is 1890. The molecule has 0 radical (unpaired) electrons. The molecular weight excluding hydrogens is 691 g/mol. The second-order valence-electron chi connectivity index (χ2n) is 13.1. The smallest absolute Gasteiger partial charge is 0.397 e. The van der Waals surface area contributed by atoms with Crippen molar-refractivity contribution >= 4 is 55.4 Å². The summed E-state index contributed by atoms with van der Waals surface area (Å²) in [4.78, 5) is 53.9. The van der Waals surface area contributed by atoms with Gasteiger partial charge >= 0.3 is 11.9 Å². The van der Waals surface area contributed by atoms with Gasteiger partial charge in [-0.1, -0.05) is 18.2 Å². The first-order valence-electron chi connectivity index (χ1n) is 16.2. The van der Waals surface area contributed by atoms with Gasteiger partial charge in [-0.2, -0.15) is 13.2 Å². The average Bonchev–Trinajstić information content (AvgIpc) is 3.41. The van der Waals surface area contributed by atoms with Gasteiger partial charge in [0.1, 0.15) is 0 Å². The van der Waals surface area contributed by atoms with E-state index in [1.54, 1.807) is 20.6 Å². The molecule has 48 heavy (non-hydrogen) atoms. The fourth-order valence-electron chi connectivity index (χ4n) is 7.22. The first kappa shape index (κ1) is 34.0. The van der Waals surface area contributed by atoms with Gasteiger partial charge in [-0.25, -0.2) is 4.79 Å². The van der Waals surface area contributed by atoms with Gasteiger partial charge in [-0.3, -0.25) is 19.1 Å². The van der Waals surface area contributed by atoms with Crippen LogP contribution in [-0.4, -0.2) is 87.4 Å². The number of hydrogen-bond donors (Lipinski definition) is 2. The Balaban J connectivity index is 1.19. The molecule has 0 aliphatic carbocycles. The number of pyridine rings is 1. The first-order chi connectivity index (χ1) is 22.8. The van der Waals surface area contributed by atoms with Gasteiger partial charge < -0.3 is 25.4 Å². The number of para-hydroxylation sites is 1. The fourth-order valence-corrected chi connectivity index (χ4v) is 7.72. The number of benzene rings is 2. The van der Waals surface area contributed by atoms with Crippen molar-refractivity contribution in [3.05, 3.63) is 68.7 Å². The molecule has 1 atom stereocenters. The maximum Gasteiger partial charge on any atom is 0.418 e. The third-order valence-electron chi connectivity index (χ3n) is 9.90. The van der Waals surface area contributed by atoms with Crippen LogP contribution in [0.15, 0.2) is 51.9 Å². The molecule has 2 aromatic carbocycles. The van der Waals surface area contributed by atoms with Crippen LogP contribution in [0.3, 0.4) is 0 Å². The molecule has 6 rings (SSSR count). The molecular formula is C34H39BrF3N7O3. The molecule has 0 unspecified atom stereocenters. The minimum Gasteiger partial charge on any atom is -0.397 e. The normalized spacial score (nSPS) is 17.5. The number of nitrogen functional groups attached to an aromatic ring is 1. The van der Waals surface area contributed by atoms with Crippen molar-refractivity contribution in [2.75, 3.05) is 46.0 Å². The number of amides is 2. The number of alkyl halides is 3. The van der Waals surface area contributed by atoms with Crippen LogP contribution >= 0.6 is 15.9 Å². The SMILES string of the molecule is CN(C)C1CCN(C(=O)[C@H](CC(=O)N2CCC(n3c(=O)[nH]c4c5ccccc5ncc43)CC2)Cc2cc(Br)c(N)c(C(F)(F)F)c2)CC1. The summed E-state index contributed by atoms with van der Waals surface area (Å²) < 4.78 is 43.2. The molecule has 4 aromatic rings. The van der Waals surface area contributed by atoms with Gasteiger partial charge in [-0.15, -0.1) is 0 Å². The number of nitrogens with two attached hydrogens (primary N) is 1. The molecule has 3 N–H and O–H groups in total. The molecule has 14 heteroatoms. The molecule has 2 aromatic heterocycles. The summed E-state index contributed by atoms with van der Waals surface area (Å²) in [5.74, 6) is -1.32. The number of aromatic amines is 1. The van der Waals surface area contributed by atoms with E-state index in [0.717, 1.165) is 35.3 Å². The Hall–Kier alpha value is -3.91. The number of carbonyl (C=O) groups excluding carboxylic acids is 2. The number of likely N-dealkylation sites (tertiary alicyclic amines) is 2. The third kappa shape index (κ3) is 6.82. The summed E-state index contributed by atoms with van der Waals surface area (Å²) in [5.41, 5.74) is 6.60. The maximum absolute atomic E-state index is 13.9.